The normalized spacial score (nSPS) is 12.5. The molecule has 0 unspecified atom stereocenters. The Balaban J connectivity index is 2.98. The molecule has 0 amide bonds. The summed E-state index contributed by atoms with van der Waals surface area (Å²) in [7, 11) is 0. The summed E-state index contributed by atoms with van der Waals surface area (Å²) in [5.41, 5.74) is 6.94. The van der Waals surface area contributed by atoms with Crippen LogP contribution in [0.1, 0.15) is 35.3 Å². The first kappa shape index (κ1) is 9.74. The molecule has 1 aromatic carbocycles. The fraction of sp³-hybridized carbons (Fsp3) is 0.300. The highest BCUT2D eigenvalue weighted by molar-refractivity contribution is 5.87. The molecule has 1 aromatic rings. The van der Waals surface area contributed by atoms with Crippen LogP contribution in [0.3, 0.4) is 0 Å². The zero-order chi connectivity index (χ0) is 9.84. The van der Waals surface area contributed by atoms with Crippen molar-refractivity contribution in [3.05, 3.63) is 35.4 Å². The van der Waals surface area contributed by atoms with E-state index in [4.69, 9.17) is 10.8 Å². The van der Waals surface area contributed by atoms with Gasteiger partial charge in [-0.25, -0.2) is 4.79 Å². The number of benzene rings is 1. The maximum atomic E-state index is 10.6. The van der Waals surface area contributed by atoms with Gasteiger partial charge >= 0.3 is 5.97 Å². The van der Waals surface area contributed by atoms with Gasteiger partial charge in [-0.05, 0) is 24.1 Å². The highest BCUT2D eigenvalue weighted by Crippen LogP contribution is 2.14. The largest absolute Gasteiger partial charge is 0.478 e. The molecule has 0 aliphatic heterocycles. The molecule has 0 aliphatic rings. The fourth-order valence-corrected chi connectivity index (χ4v) is 1.14. The van der Waals surface area contributed by atoms with Crippen molar-refractivity contribution in [1.29, 1.82) is 0 Å². The Labute approximate surface area is 77.2 Å². The third-order valence-electron chi connectivity index (χ3n) is 2.00. The average Bonchev–Trinajstić information content (AvgIpc) is 2.17. The molecule has 0 bridgehead atoms. The van der Waals surface area contributed by atoms with Crippen molar-refractivity contribution in [3.8, 4) is 0 Å². The summed E-state index contributed by atoms with van der Waals surface area (Å²) in [6, 6.07) is 6.68. The Morgan fingerprint density at radius 2 is 2.31 bits per heavy atom. The summed E-state index contributed by atoms with van der Waals surface area (Å²) >= 11 is 0. The molecule has 1 atom stereocenters. The first-order valence-corrected chi connectivity index (χ1v) is 4.24. The van der Waals surface area contributed by atoms with Gasteiger partial charge in [-0.2, -0.15) is 0 Å². The molecule has 3 nitrogen and oxygen atoms in total. The van der Waals surface area contributed by atoms with Gasteiger partial charge in [0.05, 0.1) is 5.56 Å². The van der Waals surface area contributed by atoms with E-state index in [1.165, 1.54) is 0 Å². The predicted octanol–water partition coefficient (Wildman–Crippen LogP) is 1.79. The van der Waals surface area contributed by atoms with Gasteiger partial charge in [-0.1, -0.05) is 19.1 Å². The van der Waals surface area contributed by atoms with E-state index in [0.29, 0.717) is 5.56 Å². The summed E-state index contributed by atoms with van der Waals surface area (Å²) in [6.07, 6.45) is 0.809. The van der Waals surface area contributed by atoms with E-state index in [1.807, 2.05) is 13.0 Å². The van der Waals surface area contributed by atoms with Crippen molar-refractivity contribution in [2.75, 3.05) is 0 Å². The van der Waals surface area contributed by atoms with Crippen LogP contribution >= 0.6 is 0 Å². The highest BCUT2D eigenvalue weighted by atomic mass is 16.4. The van der Waals surface area contributed by atoms with Crippen LogP contribution in [0.2, 0.25) is 0 Å². The predicted molar refractivity (Wildman–Crippen MR) is 50.6 cm³/mol. The number of aromatic carboxylic acids is 1. The van der Waals surface area contributed by atoms with Crippen molar-refractivity contribution in [1.82, 2.24) is 0 Å². The zero-order valence-electron chi connectivity index (χ0n) is 7.53. The summed E-state index contributed by atoms with van der Waals surface area (Å²) < 4.78 is 0. The highest BCUT2D eigenvalue weighted by Gasteiger charge is 2.06. The quantitative estimate of drug-likeness (QED) is 0.743. The van der Waals surface area contributed by atoms with Crippen LogP contribution in [0.25, 0.3) is 0 Å². The van der Waals surface area contributed by atoms with Crippen molar-refractivity contribution in [2.24, 2.45) is 5.73 Å². The first-order valence-electron chi connectivity index (χ1n) is 4.24. The van der Waals surface area contributed by atoms with Crippen LogP contribution < -0.4 is 5.73 Å². The van der Waals surface area contributed by atoms with Gasteiger partial charge in [0.25, 0.3) is 0 Å². The van der Waals surface area contributed by atoms with Gasteiger partial charge in [0.2, 0.25) is 0 Å². The van der Waals surface area contributed by atoms with Crippen LogP contribution in [-0.2, 0) is 0 Å². The molecule has 3 N–H and O–H groups in total. The van der Waals surface area contributed by atoms with Crippen LogP contribution in [0, 0.1) is 0 Å². The number of carbonyl (C=O) groups is 1. The van der Waals surface area contributed by atoms with E-state index in [1.54, 1.807) is 18.2 Å². The molecule has 0 saturated carbocycles. The second-order valence-electron chi connectivity index (χ2n) is 2.95. The van der Waals surface area contributed by atoms with Crippen molar-refractivity contribution in [2.45, 2.75) is 19.4 Å². The minimum absolute atomic E-state index is 0.0701. The summed E-state index contributed by atoms with van der Waals surface area (Å²) in [4.78, 5) is 10.6. The minimum Gasteiger partial charge on any atom is -0.478 e. The number of nitrogens with two attached hydrogens (primary N) is 1. The number of hydrogen-bond donors (Lipinski definition) is 2. The number of hydrogen-bond acceptors (Lipinski definition) is 2. The summed E-state index contributed by atoms with van der Waals surface area (Å²) in [5, 5.41) is 8.72. The lowest BCUT2D eigenvalue weighted by Gasteiger charge is -2.08. The Hall–Kier alpha value is -1.35. The lowest BCUT2D eigenvalue weighted by molar-refractivity contribution is 0.0696. The SMILES string of the molecule is CC[C@H](N)c1cccc(C(=O)O)c1. The third kappa shape index (κ3) is 2.29. The van der Waals surface area contributed by atoms with Crippen LogP contribution in [-0.4, -0.2) is 11.1 Å². The van der Waals surface area contributed by atoms with Gasteiger partial charge in [0.15, 0.2) is 0 Å². The van der Waals surface area contributed by atoms with Gasteiger partial charge in [0, 0.05) is 6.04 Å². The van der Waals surface area contributed by atoms with E-state index in [0.717, 1.165) is 12.0 Å². The topological polar surface area (TPSA) is 63.3 Å². The maximum absolute atomic E-state index is 10.6. The second kappa shape index (κ2) is 4.05. The Morgan fingerprint density at radius 1 is 1.62 bits per heavy atom. The monoisotopic (exact) mass is 179 g/mol. The molecular weight excluding hydrogens is 166 g/mol. The van der Waals surface area contributed by atoms with Gasteiger partial charge in [0.1, 0.15) is 0 Å². The molecular formula is C10H13NO2. The number of carboxylic acid groups (broad SMARTS) is 1. The molecule has 1 rings (SSSR count). The molecule has 70 valence electrons. The molecule has 0 aliphatic carbocycles. The maximum Gasteiger partial charge on any atom is 0.335 e. The zero-order valence-corrected chi connectivity index (χ0v) is 7.53. The minimum atomic E-state index is -0.912. The summed E-state index contributed by atoms with van der Waals surface area (Å²) in [6.45, 7) is 1.97. The Morgan fingerprint density at radius 3 is 2.85 bits per heavy atom. The molecule has 0 heterocycles. The van der Waals surface area contributed by atoms with Crippen molar-refractivity contribution in [3.63, 3.8) is 0 Å². The van der Waals surface area contributed by atoms with E-state index in [-0.39, 0.29) is 6.04 Å². The van der Waals surface area contributed by atoms with E-state index < -0.39 is 5.97 Å². The molecule has 0 saturated heterocycles. The standard InChI is InChI=1S/C10H13NO2/c1-2-9(11)7-4-3-5-8(6-7)10(12)13/h3-6,9H,2,11H2,1H3,(H,12,13)/t9-/m0/s1. The number of carboxylic acids is 1. The van der Waals surface area contributed by atoms with Crippen LogP contribution in [0.15, 0.2) is 24.3 Å². The second-order valence-corrected chi connectivity index (χ2v) is 2.95. The molecule has 13 heavy (non-hydrogen) atoms. The smallest absolute Gasteiger partial charge is 0.335 e. The van der Waals surface area contributed by atoms with Gasteiger partial charge < -0.3 is 10.8 Å². The first-order chi connectivity index (χ1) is 6.15. The molecule has 3 heteroatoms. The van der Waals surface area contributed by atoms with Crippen molar-refractivity contribution < 1.29 is 9.90 Å². The van der Waals surface area contributed by atoms with Gasteiger partial charge in [-0.3, -0.25) is 0 Å². The van der Waals surface area contributed by atoms with E-state index >= 15 is 0 Å². The average molecular weight is 179 g/mol. The molecule has 0 fully saturated rings. The van der Waals surface area contributed by atoms with Crippen LogP contribution in [0.5, 0.6) is 0 Å². The van der Waals surface area contributed by atoms with E-state index in [9.17, 15) is 4.79 Å². The Kier molecular flexibility index (Phi) is 3.03. The Bertz CT molecular complexity index is 310. The summed E-state index contributed by atoms with van der Waals surface area (Å²) in [5.74, 6) is -0.912. The lowest BCUT2D eigenvalue weighted by atomic mass is 10.0. The van der Waals surface area contributed by atoms with Crippen molar-refractivity contribution >= 4 is 5.97 Å². The molecule has 0 aromatic heterocycles. The fourth-order valence-electron chi connectivity index (χ4n) is 1.14. The number of rotatable bonds is 3. The van der Waals surface area contributed by atoms with Gasteiger partial charge in [-0.15, -0.1) is 0 Å². The van der Waals surface area contributed by atoms with Crippen LogP contribution in [0.4, 0.5) is 0 Å². The van der Waals surface area contributed by atoms with E-state index in [2.05, 4.69) is 0 Å². The lowest BCUT2D eigenvalue weighted by Crippen LogP contribution is -2.09. The molecule has 0 spiro atoms. The third-order valence-corrected chi connectivity index (χ3v) is 2.00. The molecule has 0 radical (unpaired) electrons.